The zero-order valence-electron chi connectivity index (χ0n) is 16.3. The zero-order chi connectivity index (χ0) is 22.6. The van der Waals surface area contributed by atoms with Gasteiger partial charge in [0.25, 0.3) is 0 Å². The van der Waals surface area contributed by atoms with Gasteiger partial charge in [0.2, 0.25) is 5.91 Å². The van der Waals surface area contributed by atoms with Crippen LogP contribution in [0, 0.1) is 11.7 Å². The average molecular weight is 488 g/mol. The molecule has 2 aromatic rings. The SMILES string of the molecule is CC1CC(=O)NN=C1c1cc(F)c(OCC(Cl)(Cl)COC(=O)c2ccccc2)c(Cl)c1. The van der Waals surface area contributed by atoms with E-state index in [1.54, 1.807) is 37.3 Å². The Kier molecular flexibility index (Phi) is 7.41. The summed E-state index contributed by atoms with van der Waals surface area (Å²) < 4.78 is 23.5. The highest BCUT2D eigenvalue weighted by molar-refractivity contribution is 6.48. The summed E-state index contributed by atoms with van der Waals surface area (Å²) in [6, 6.07) is 11.0. The van der Waals surface area contributed by atoms with Gasteiger partial charge >= 0.3 is 5.97 Å². The number of rotatable bonds is 7. The van der Waals surface area contributed by atoms with Crippen LogP contribution in [0.5, 0.6) is 5.75 Å². The van der Waals surface area contributed by atoms with E-state index in [0.717, 1.165) is 0 Å². The lowest BCUT2D eigenvalue weighted by atomic mass is 9.94. The van der Waals surface area contributed by atoms with Crippen LogP contribution in [0.2, 0.25) is 5.02 Å². The first kappa shape index (κ1) is 23.3. The van der Waals surface area contributed by atoms with Gasteiger partial charge < -0.3 is 9.47 Å². The van der Waals surface area contributed by atoms with Gasteiger partial charge in [0.15, 0.2) is 15.9 Å². The summed E-state index contributed by atoms with van der Waals surface area (Å²) in [5.74, 6) is -2.02. The van der Waals surface area contributed by atoms with Crippen LogP contribution in [0.3, 0.4) is 0 Å². The van der Waals surface area contributed by atoms with Crippen molar-refractivity contribution in [2.45, 2.75) is 17.7 Å². The number of esters is 1. The molecule has 31 heavy (non-hydrogen) atoms. The Morgan fingerprint density at radius 1 is 1.26 bits per heavy atom. The zero-order valence-corrected chi connectivity index (χ0v) is 18.6. The Bertz CT molecular complexity index is 992. The number of nitrogens with one attached hydrogen (secondary N) is 1. The van der Waals surface area contributed by atoms with Crippen molar-refractivity contribution in [3.63, 3.8) is 0 Å². The van der Waals surface area contributed by atoms with Crippen LogP contribution < -0.4 is 10.2 Å². The van der Waals surface area contributed by atoms with Crippen molar-refractivity contribution in [1.29, 1.82) is 0 Å². The highest BCUT2D eigenvalue weighted by Gasteiger charge is 2.30. The van der Waals surface area contributed by atoms with E-state index < -0.39 is 16.1 Å². The van der Waals surface area contributed by atoms with Crippen molar-refractivity contribution in [1.82, 2.24) is 5.43 Å². The minimum Gasteiger partial charge on any atom is -0.486 e. The molecule has 1 aliphatic heterocycles. The first-order chi connectivity index (χ1) is 14.7. The van der Waals surface area contributed by atoms with Crippen molar-refractivity contribution in [2.24, 2.45) is 11.0 Å². The standard InChI is InChI=1S/C21H18Cl3FN2O4/c1-12-7-17(28)26-27-18(12)14-8-15(22)19(16(25)9-14)30-10-21(23,24)11-31-20(29)13-5-3-2-4-6-13/h2-6,8-9,12H,7,10-11H2,1H3,(H,26,28). The van der Waals surface area contributed by atoms with Crippen LogP contribution in [0.25, 0.3) is 0 Å². The number of carbonyl (C=O) groups is 2. The Morgan fingerprint density at radius 2 is 1.97 bits per heavy atom. The lowest BCUT2D eigenvalue weighted by Crippen LogP contribution is -2.32. The normalized spacial score (nSPS) is 16.4. The number of ether oxygens (including phenoxy) is 2. The Morgan fingerprint density at radius 3 is 2.61 bits per heavy atom. The van der Waals surface area contributed by atoms with Crippen LogP contribution in [0.15, 0.2) is 47.6 Å². The van der Waals surface area contributed by atoms with Gasteiger partial charge in [-0.1, -0.05) is 59.9 Å². The molecule has 0 aliphatic carbocycles. The van der Waals surface area contributed by atoms with Gasteiger partial charge in [-0.15, -0.1) is 0 Å². The van der Waals surface area contributed by atoms with Crippen LogP contribution in [-0.4, -0.2) is 35.1 Å². The molecular weight excluding hydrogens is 470 g/mol. The molecule has 1 aliphatic rings. The van der Waals surface area contributed by atoms with Gasteiger partial charge in [0.1, 0.15) is 13.2 Å². The third kappa shape index (κ3) is 6.09. The number of nitrogens with zero attached hydrogens (tertiary/aromatic N) is 1. The predicted molar refractivity (Wildman–Crippen MR) is 117 cm³/mol. The molecule has 0 saturated carbocycles. The fraction of sp³-hybridized carbons (Fsp3) is 0.286. The number of halogens is 4. The first-order valence-electron chi connectivity index (χ1n) is 9.25. The number of amides is 1. The first-order valence-corrected chi connectivity index (χ1v) is 10.4. The van der Waals surface area contributed by atoms with E-state index in [0.29, 0.717) is 16.8 Å². The van der Waals surface area contributed by atoms with E-state index in [-0.39, 0.29) is 42.2 Å². The molecule has 1 amide bonds. The highest BCUT2D eigenvalue weighted by Crippen LogP contribution is 2.33. The number of hydrogen-bond donors (Lipinski definition) is 1. The third-order valence-electron chi connectivity index (χ3n) is 4.41. The maximum Gasteiger partial charge on any atom is 0.338 e. The van der Waals surface area contributed by atoms with Gasteiger partial charge in [-0.2, -0.15) is 5.10 Å². The molecule has 1 N–H and O–H groups in total. The van der Waals surface area contributed by atoms with Crippen molar-refractivity contribution < 1.29 is 23.5 Å². The number of hydrazone groups is 1. The Balaban J connectivity index is 1.64. The number of alkyl halides is 2. The topological polar surface area (TPSA) is 77.0 Å². The maximum absolute atomic E-state index is 14.7. The summed E-state index contributed by atoms with van der Waals surface area (Å²) in [6.45, 7) is 1.04. The number of carbonyl (C=O) groups excluding carboxylic acids is 2. The van der Waals surface area contributed by atoms with Gasteiger partial charge in [-0.3, -0.25) is 4.79 Å². The fourth-order valence-electron chi connectivity index (χ4n) is 2.90. The summed E-state index contributed by atoms with van der Waals surface area (Å²) in [4.78, 5) is 23.4. The smallest absolute Gasteiger partial charge is 0.338 e. The second-order valence-corrected chi connectivity index (χ2v) is 9.04. The van der Waals surface area contributed by atoms with Crippen LogP contribution in [0.4, 0.5) is 4.39 Å². The van der Waals surface area contributed by atoms with Crippen molar-refractivity contribution in [3.8, 4) is 5.75 Å². The molecule has 0 radical (unpaired) electrons. The van der Waals surface area contributed by atoms with E-state index in [1.807, 2.05) is 0 Å². The molecule has 0 aromatic heterocycles. The van der Waals surface area contributed by atoms with Crippen molar-refractivity contribution >= 4 is 52.4 Å². The van der Waals surface area contributed by atoms with Crippen LogP contribution in [-0.2, 0) is 9.53 Å². The monoisotopic (exact) mass is 486 g/mol. The summed E-state index contributed by atoms with van der Waals surface area (Å²) in [5, 5.41) is 3.96. The lowest BCUT2D eigenvalue weighted by Gasteiger charge is -2.22. The lowest BCUT2D eigenvalue weighted by molar-refractivity contribution is -0.121. The molecule has 0 spiro atoms. The summed E-state index contributed by atoms with van der Waals surface area (Å²) in [5.41, 5.74) is 3.63. The van der Waals surface area contributed by atoms with Gasteiger partial charge in [-0.05, 0) is 24.3 Å². The predicted octanol–water partition coefficient (Wildman–Crippen LogP) is 4.75. The number of benzene rings is 2. The molecule has 10 heteroatoms. The van der Waals surface area contributed by atoms with Crippen molar-refractivity contribution in [2.75, 3.05) is 13.2 Å². The number of hydrogen-bond acceptors (Lipinski definition) is 5. The minimum atomic E-state index is -1.63. The second kappa shape index (κ2) is 9.85. The summed E-state index contributed by atoms with van der Waals surface area (Å²) >= 11 is 18.5. The van der Waals surface area contributed by atoms with Crippen LogP contribution >= 0.6 is 34.8 Å². The molecular formula is C21H18Cl3FN2O4. The molecule has 3 rings (SSSR count). The van der Waals surface area contributed by atoms with Gasteiger partial charge in [0.05, 0.1) is 16.3 Å². The Labute approximate surface area is 193 Å². The molecule has 6 nitrogen and oxygen atoms in total. The second-order valence-electron chi connectivity index (χ2n) is 6.99. The highest BCUT2D eigenvalue weighted by atomic mass is 35.5. The molecule has 164 valence electrons. The Hall–Kier alpha value is -2.35. The summed E-state index contributed by atoms with van der Waals surface area (Å²) in [6.07, 6.45) is 0.235. The molecule has 0 bridgehead atoms. The molecule has 1 atom stereocenters. The van der Waals surface area contributed by atoms with Crippen LogP contribution in [0.1, 0.15) is 29.3 Å². The molecule has 0 fully saturated rings. The minimum absolute atomic E-state index is 0.0211. The third-order valence-corrected chi connectivity index (χ3v) is 5.12. The molecule has 1 unspecified atom stereocenters. The van der Waals surface area contributed by atoms with E-state index in [1.165, 1.54) is 12.1 Å². The summed E-state index contributed by atoms with van der Waals surface area (Å²) in [7, 11) is 0. The van der Waals surface area contributed by atoms with E-state index >= 15 is 0 Å². The average Bonchev–Trinajstić information content (AvgIpc) is 2.72. The quantitative estimate of drug-likeness (QED) is 0.452. The van der Waals surface area contributed by atoms with Gasteiger partial charge in [0, 0.05) is 17.9 Å². The fourth-order valence-corrected chi connectivity index (χ4v) is 3.38. The van der Waals surface area contributed by atoms with E-state index in [4.69, 9.17) is 44.3 Å². The molecule has 0 saturated heterocycles. The largest absolute Gasteiger partial charge is 0.486 e. The van der Waals surface area contributed by atoms with E-state index in [2.05, 4.69) is 10.5 Å². The molecule has 1 heterocycles. The van der Waals surface area contributed by atoms with Gasteiger partial charge in [-0.25, -0.2) is 14.6 Å². The molecule has 2 aromatic carbocycles. The van der Waals surface area contributed by atoms with E-state index in [9.17, 15) is 14.0 Å². The maximum atomic E-state index is 14.7. The van der Waals surface area contributed by atoms with Crippen molar-refractivity contribution in [3.05, 3.63) is 64.4 Å².